The molecule has 0 aliphatic rings. The lowest BCUT2D eigenvalue weighted by Crippen LogP contribution is -2.39. The van der Waals surface area contributed by atoms with Crippen LogP contribution in [0.2, 0.25) is 0 Å². The molecular formula is C21H33N7O3. The lowest BCUT2D eigenvalue weighted by molar-refractivity contribution is 0.0527. The molecule has 170 valence electrons. The van der Waals surface area contributed by atoms with E-state index >= 15 is 0 Å². The molecule has 0 aliphatic carbocycles. The Morgan fingerprint density at radius 3 is 2.48 bits per heavy atom. The molecule has 10 heteroatoms. The van der Waals surface area contributed by atoms with Gasteiger partial charge in [-0.15, -0.1) is 0 Å². The van der Waals surface area contributed by atoms with Gasteiger partial charge < -0.3 is 25.4 Å². The van der Waals surface area contributed by atoms with Crippen LogP contribution in [0, 0.1) is 0 Å². The molecule has 0 atom stereocenters. The van der Waals surface area contributed by atoms with Gasteiger partial charge in [-0.2, -0.15) is 5.10 Å². The topological polar surface area (TPSA) is 126 Å². The van der Waals surface area contributed by atoms with Gasteiger partial charge in [0, 0.05) is 25.2 Å². The van der Waals surface area contributed by atoms with Crippen LogP contribution in [0.5, 0.6) is 5.75 Å². The number of ether oxygens (including phenoxy) is 2. The first-order chi connectivity index (χ1) is 14.8. The van der Waals surface area contributed by atoms with Crippen molar-refractivity contribution >= 4 is 12.1 Å². The monoisotopic (exact) mass is 431 g/mol. The second-order valence-electron chi connectivity index (χ2n) is 7.74. The SMILES string of the molecule is CCNC(=NCc1nc(-c2ccc(OC)cc2)n[nH]1)NCCCNC(=O)OC(C)(C)C. The number of nitrogens with one attached hydrogen (secondary N) is 4. The van der Waals surface area contributed by atoms with Gasteiger partial charge >= 0.3 is 6.09 Å². The predicted octanol–water partition coefficient (Wildman–Crippen LogP) is 2.45. The quantitative estimate of drug-likeness (QED) is 0.273. The van der Waals surface area contributed by atoms with Gasteiger partial charge in [0.1, 0.15) is 23.7 Å². The summed E-state index contributed by atoms with van der Waals surface area (Å²) in [5.41, 5.74) is 0.399. The maximum Gasteiger partial charge on any atom is 0.407 e. The Morgan fingerprint density at radius 1 is 1.13 bits per heavy atom. The van der Waals surface area contributed by atoms with Crippen LogP contribution < -0.4 is 20.7 Å². The van der Waals surface area contributed by atoms with Crippen molar-refractivity contribution in [3.8, 4) is 17.1 Å². The van der Waals surface area contributed by atoms with Gasteiger partial charge in [0.05, 0.1) is 7.11 Å². The number of carbonyl (C=O) groups is 1. The molecule has 10 nitrogen and oxygen atoms in total. The predicted molar refractivity (Wildman–Crippen MR) is 120 cm³/mol. The minimum atomic E-state index is -0.499. The fourth-order valence-corrected chi connectivity index (χ4v) is 2.53. The average Bonchev–Trinajstić information content (AvgIpc) is 3.19. The van der Waals surface area contributed by atoms with Crippen molar-refractivity contribution < 1.29 is 14.3 Å². The fourth-order valence-electron chi connectivity index (χ4n) is 2.53. The number of aromatic nitrogens is 3. The number of methoxy groups -OCH3 is 1. The van der Waals surface area contributed by atoms with E-state index in [0.717, 1.165) is 24.3 Å². The summed E-state index contributed by atoms with van der Waals surface area (Å²) in [5, 5.41) is 16.3. The highest BCUT2D eigenvalue weighted by atomic mass is 16.6. The summed E-state index contributed by atoms with van der Waals surface area (Å²) in [6.45, 7) is 9.75. The molecule has 1 heterocycles. The number of rotatable bonds is 9. The Morgan fingerprint density at radius 2 is 1.84 bits per heavy atom. The summed E-state index contributed by atoms with van der Waals surface area (Å²) < 4.78 is 10.4. The maximum atomic E-state index is 11.6. The van der Waals surface area contributed by atoms with Gasteiger partial charge in [-0.1, -0.05) is 0 Å². The molecule has 2 aromatic rings. The molecule has 0 fully saturated rings. The van der Waals surface area contributed by atoms with Crippen molar-refractivity contribution in [2.24, 2.45) is 4.99 Å². The zero-order chi connectivity index (χ0) is 22.7. The fraction of sp³-hybridized carbons (Fsp3) is 0.524. The highest BCUT2D eigenvalue weighted by molar-refractivity contribution is 5.79. The average molecular weight is 432 g/mol. The second-order valence-corrected chi connectivity index (χ2v) is 7.74. The third-order valence-corrected chi connectivity index (χ3v) is 3.93. The number of aromatic amines is 1. The molecule has 0 saturated heterocycles. The summed E-state index contributed by atoms with van der Waals surface area (Å²) in [6, 6.07) is 7.56. The second kappa shape index (κ2) is 11.8. The lowest BCUT2D eigenvalue weighted by atomic mass is 10.2. The van der Waals surface area contributed by atoms with Gasteiger partial charge in [-0.3, -0.25) is 5.10 Å². The smallest absolute Gasteiger partial charge is 0.407 e. The summed E-state index contributed by atoms with van der Waals surface area (Å²) in [5.74, 6) is 2.72. The molecule has 2 rings (SSSR count). The van der Waals surface area contributed by atoms with Gasteiger partial charge in [-0.25, -0.2) is 14.8 Å². The van der Waals surface area contributed by atoms with E-state index in [1.54, 1.807) is 7.11 Å². The van der Waals surface area contributed by atoms with E-state index in [2.05, 4.69) is 36.1 Å². The minimum absolute atomic E-state index is 0.356. The van der Waals surface area contributed by atoms with Gasteiger partial charge in [0.25, 0.3) is 0 Å². The van der Waals surface area contributed by atoms with Gasteiger partial charge in [-0.05, 0) is 58.4 Å². The van der Waals surface area contributed by atoms with E-state index in [4.69, 9.17) is 9.47 Å². The number of carbonyl (C=O) groups excluding carboxylic acids is 1. The van der Waals surface area contributed by atoms with Crippen molar-refractivity contribution in [3.05, 3.63) is 30.1 Å². The van der Waals surface area contributed by atoms with Crippen molar-refractivity contribution in [2.75, 3.05) is 26.7 Å². The van der Waals surface area contributed by atoms with Crippen LogP contribution in [-0.4, -0.2) is 59.6 Å². The Hall–Kier alpha value is -3.30. The van der Waals surface area contributed by atoms with Gasteiger partial charge in [0.15, 0.2) is 11.8 Å². The number of amides is 1. The normalized spacial score (nSPS) is 11.7. The minimum Gasteiger partial charge on any atom is -0.497 e. The molecule has 0 unspecified atom stereocenters. The molecule has 1 amide bonds. The van der Waals surface area contributed by atoms with E-state index < -0.39 is 11.7 Å². The molecule has 0 radical (unpaired) electrons. The van der Waals surface area contributed by atoms with Gasteiger partial charge in [0.2, 0.25) is 0 Å². The Balaban J connectivity index is 1.80. The van der Waals surface area contributed by atoms with Crippen LogP contribution in [0.4, 0.5) is 4.79 Å². The maximum absolute atomic E-state index is 11.6. The van der Waals surface area contributed by atoms with E-state index in [0.29, 0.717) is 37.2 Å². The Labute approximate surface area is 183 Å². The first-order valence-corrected chi connectivity index (χ1v) is 10.4. The van der Waals surface area contributed by atoms with E-state index in [-0.39, 0.29) is 0 Å². The molecule has 0 spiro atoms. The Kier molecular flexibility index (Phi) is 9.11. The van der Waals surface area contributed by atoms with Crippen LogP contribution in [0.15, 0.2) is 29.3 Å². The van der Waals surface area contributed by atoms with Crippen LogP contribution >= 0.6 is 0 Å². The standard InChI is InChI=1S/C21H33N7O3/c1-6-22-19(23-12-7-13-24-20(29)31-21(2,3)4)25-14-17-26-18(28-27-17)15-8-10-16(30-5)11-9-15/h8-11H,6-7,12-14H2,1-5H3,(H,24,29)(H2,22,23,25)(H,26,27,28). The van der Waals surface area contributed by atoms with E-state index in [1.165, 1.54) is 0 Å². The highest BCUT2D eigenvalue weighted by Crippen LogP contribution is 2.19. The number of nitrogens with zero attached hydrogens (tertiary/aromatic N) is 3. The first kappa shape index (κ1) is 24.0. The summed E-state index contributed by atoms with van der Waals surface area (Å²) in [4.78, 5) is 20.7. The number of hydrogen-bond donors (Lipinski definition) is 4. The van der Waals surface area contributed by atoms with Crippen molar-refractivity contribution in [1.82, 2.24) is 31.1 Å². The largest absolute Gasteiger partial charge is 0.497 e. The Bertz CT molecular complexity index is 841. The van der Waals surface area contributed by atoms with Crippen LogP contribution in [0.3, 0.4) is 0 Å². The molecule has 4 N–H and O–H groups in total. The molecular weight excluding hydrogens is 398 g/mol. The van der Waals surface area contributed by atoms with Crippen LogP contribution in [0.1, 0.15) is 39.9 Å². The third kappa shape index (κ3) is 8.93. The third-order valence-electron chi connectivity index (χ3n) is 3.93. The molecule has 0 bridgehead atoms. The summed E-state index contributed by atoms with van der Waals surface area (Å²) in [7, 11) is 1.63. The number of H-pyrrole nitrogens is 1. The van der Waals surface area contributed by atoms with Crippen molar-refractivity contribution in [3.63, 3.8) is 0 Å². The zero-order valence-corrected chi connectivity index (χ0v) is 18.9. The summed E-state index contributed by atoms with van der Waals surface area (Å²) in [6.07, 6.45) is 0.319. The van der Waals surface area contributed by atoms with Crippen LogP contribution in [-0.2, 0) is 11.3 Å². The van der Waals surface area contributed by atoms with E-state index in [9.17, 15) is 4.79 Å². The molecule has 1 aromatic heterocycles. The number of hydrogen-bond acceptors (Lipinski definition) is 6. The molecule has 31 heavy (non-hydrogen) atoms. The molecule has 0 aliphatic heterocycles. The van der Waals surface area contributed by atoms with Crippen molar-refractivity contribution in [2.45, 2.75) is 46.3 Å². The highest BCUT2D eigenvalue weighted by Gasteiger charge is 2.15. The zero-order valence-electron chi connectivity index (χ0n) is 18.9. The first-order valence-electron chi connectivity index (χ1n) is 10.4. The van der Waals surface area contributed by atoms with Crippen LogP contribution in [0.25, 0.3) is 11.4 Å². The number of benzene rings is 1. The molecule has 0 saturated carbocycles. The van der Waals surface area contributed by atoms with E-state index in [1.807, 2.05) is 52.0 Å². The molecule has 1 aromatic carbocycles. The lowest BCUT2D eigenvalue weighted by Gasteiger charge is -2.19. The number of guanidine groups is 1. The number of aliphatic imine (C=N–C) groups is 1. The summed E-state index contributed by atoms with van der Waals surface area (Å²) >= 11 is 0. The van der Waals surface area contributed by atoms with Crippen molar-refractivity contribution in [1.29, 1.82) is 0 Å². The number of alkyl carbamates (subject to hydrolysis) is 1.